The molecule has 0 aliphatic carbocycles. The van der Waals surface area contributed by atoms with Crippen LogP contribution in [0.4, 0.5) is 0 Å². The van der Waals surface area contributed by atoms with E-state index in [0.29, 0.717) is 11.9 Å². The number of amides is 1. The smallest absolute Gasteiger partial charge is 0.357 e. The Kier molecular flexibility index (Phi) is 6.11. The minimum absolute atomic E-state index is 0.124. The SMILES string of the molecule is CC(=O)[C@@H](Cc1ccccc1)NC(=O)COC(=O)c1ccc2ccccc2n1. The van der Waals surface area contributed by atoms with Crippen LogP contribution in [0.5, 0.6) is 0 Å². The normalized spacial score (nSPS) is 11.6. The molecule has 0 radical (unpaired) electrons. The molecule has 0 aliphatic heterocycles. The predicted octanol–water partition coefficient (Wildman–Crippen LogP) is 2.71. The fourth-order valence-electron chi connectivity index (χ4n) is 2.77. The number of rotatable bonds is 7. The molecule has 1 N–H and O–H groups in total. The van der Waals surface area contributed by atoms with Gasteiger partial charge in [0.05, 0.1) is 11.6 Å². The average Bonchev–Trinajstić information content (AvgIpc) is 2.72. The number of hydrogen-bond acceptors (Lipinski definition) is 5. The molecule has 28 heavy (non-hydrogen) atoms. The minimum Gasteiger partial charge on any atom is -0.451 e. The molecule has 1 amide bonds. The van der Waals surface area contributed by atoms with Gasteiger partial charge in [0, 0.05) is 5.39 Å². The second-order valence-electron chi connectivity index (χ2n) is 6.39. The molecular formula is C22H20N2O4. The van der Waals surface area contributed by atoms with E-state index in [1.54, 1.807) is 18.2 Å². The van der Waals surface area contributed by atoms with Crippen molar-refractivity contribution in [2.24, 2.45) is 0 Å². The lowest BCUT2D eigenvalue weighted by atomic mass is 10.0. The molecule has 0 bridgehead atoms. The summed E-state index contributed by atoms with van der Waals surface area (Å²) in [5.41, 5.74) is 1.72. The van der Waals surface area contributed by atoms with Crippen LogP contribution in [0.1, 0.15) is 23.0 Å². The third-order valence-electron chi connectivity index (χ3n) is 4.25. The Labute approximate surface area is 162 Å². The summed E-state index contributed by atoms with van der Waals surface area (Å²) >= 11 is 0. The molecular weight excluding hydrogens is 356 g/mol. The first-order valence-electron chi connectivity index (χ1n) is 8.89. The number of nitrogens with one attached hydrogen (secondary N) is 1. The van der Waals surface area contributed by atoms with E-state index in [1.165, 1.54) is 6.92 Å². The van der Waals surface area contributed by atoms with Gasteiger partial charge < -0.3 is 10.1 Å². The highest BCUT2D eigenvalue weighted by Gasteiger charge is 2.19. The molecule has 0 saturated carbocycles. The first-order chi connectivity index (χ1) is 13.5. The van der Waals surface area contributed by atoms with E-state index >= 15 is 0 Å². The molecule has 6 nitrogen and oxygen atoms in total. The van der Waals surface area contributed by atoms with Crippen molar-refractivity contribution in [3.8, 4) is 0 Å². The van der Waals surface area contributed by atoms with Gasteiger partial charge in [-0.3, -0.25) is 9.59 Å². The Hall–Kier alpha value is -3.54. The van der Waals surface area contributed by atoms with Gasteiger partial charge in [0.25, 0.3) is 5.91 Å². The van der Waals surface area contributed by atoms with E-state index in [-0.39, 0.29) is 11.5 Å². The molecule has 0 fully saturated rings. The Morgan fingerprint density at radius 3 is 2.43 bits per heavy atom. The van der Waals surface area contributed by atoms with Crippen LogP contribution in [0.3, 0.4) is 0 Å². The molecule has 1 aromatic heterocycles. The number of carbonyl (C=O) groups excluding carboxylic acids is 3. The Morgan fingerprint density at radius 2 is 1.68 bits per heavy atom. The lowest BCUT2D eigenvalue weighted by Crippen LogP contribution is -2.43. The molecule has 1 atom stereocenters. The Bertz CT molecular complexity index is 1000. The van der Waals surface area contributed by atoms with Gasteiger partial charge in [-0.15, -0.1) is 0 Å². The van der Waals surface area contributed by atoms with Crippen LogP contribution in [-0.2, 0) is 20.7 Å². The second-order valence-corrected chi connectivity index (χ2v) is 6.39. The quantitative estimate of drug-likeness (QED) is 0.641. The fourth-order valence-corrected chi connectivity index (χ4v) is 2.77. The summed E-state index contributed by atoms with van der Waals surface area (Å²) in [6.45, 7) is 0.935. The third kappa shape index (κ3) is 5.01. The van der Waals surface area contributed by atoms with E-state index in [4.69, 9.17) is 4.74 Å². The monoisotopic (exact) mass is 376 g/mol. The summed E-state index contributed by atoms with van der Waals surface area (Å²) in [5.74, 6) is -1.40. The van der Waals surface area contributed by atoms with E-state index in [2.05, 4.69) is 10.3 Å². The van der Waals surface area contributed by atoms with Gasteiger partial charge in [-0.2, -0.15) is 0 Å². The van der Waals surface area contributed by atoms with Crippen LogP contribution in [-0.4, -0.2) is 35.3 Å². The van der Waals surface area contributed by atoms with E-state index < -0.39 is 24.5 Å². The number of pyridine rings is 1. The Morgan fingerprint density at radius 1 is 0.964 bits per heavy atom. The largest absolute Gasteiger partial charge is 0.451 e. The maximum atomic E-state index is 12.2. The zero-order valence-corrected chi connectivity index (χ0v) is 15.4. The van der Waals surface area contributed by atoms with Gasteiger partial charge >= 0.3 is 5.97 Å². The van der Waals surface area contributed by atoms with Crippen molar-refractivity contribution >= 4 is 28.6 Å². The first kappa shape index (κ1) is 19.2. The molecule has 142 valence electrons. The lowest BCUT2D eigenvalue weighted by molar-refractivity contribution is -0.128. The molecule has 3 aromatic rings. The number of para-hydroxylation sites is 1. The van der Waals surface area contributed by atoms with E-state index in [9.17, 15) is 14.4 Å². The zero-order valence-electron chi connectivity index (χ0n) is 15.4. The van der Waals surface area contributed by atoms with Crippen molar-refractivity contribution < 1.29 is 19.1 Å². The molecule has 2 aromatic carbocycles. The predicted molar refractivity (Wildman–Crippen MR) is 105 cm³/mol. The highest BCUT2D eigenvalue weighted by atomic mass is 16.5. The molecule has 0 unspecified atom stereocenters. The zero-order chi connectivity index (χ0) is 19.9. The molecule has 0 spiro atoms. The standard InChI is InChI=1S/C22H20N2O4/c1-15(25)20(13-16-7-3-2-4-8-16)24-21(26)14-28-22(27)19-12-11-17-9-5-6-10-18(17)23-19/h2-12,20H,13-14H2,1H3,(H,24,26)/t20-/m1/s1. The van der Waals surface area contributed by atoms with Crippen LogP contribution in [0.2, 0.25) is 0 Å². The van der Waals surface area contributed by atoms with Crippen molar-refractivity contribution in [3.63, 3.8) is 0 Å². The topological polar surface area (TPSA) is 85.4 Å². The van der Waals surface area contributed by atoms with Crippen molar-refractivity contribution in [1.82, 2.24) is 10.3 Å². The van der Waals surface area contributed by atoms with Crippen molar-refractivity contribution in [2.75, 3.05) is 6.61 Å². The number of carbonyl (C=O) groups is 3. The van der Waals surface area contributed by atoms with Crippen LogP contribution < -0.4 is 5.32 Å². The molecule has 6 heteroatoms. The van der Waals surface area contributed by atoms with Gasteiger partial charge in [-0.05, 0) is 31.0 Å². The number of nitrogens with zero attached hydrogens (tertiary/aromatic N) is 1. The molecule has 3 rings (SSSR count). The van der Waals surface area contributed by atoms with Crippen molar-refractivity contribution in [3.05, 3.63) is 78.0 Å². The number of ether oxygens (including phenoxy) is 1. The number of hydrogen-bond donors (Lipinski definition) is 1. The maximum absolute atomic E-state index is 12.2. The second kappa shape index (κ2) is 8.90. The average molecular weight is 376 g/mol. The van der Waals surface area contributed by atoms with Gasteiger partial charge in [0.1, 0.15) is 5.69 Å². The van der Waals surface area contributed by atoms with Gasteiger partial charge in [-0.25, -0.2) is 9.78 Å². The summed E-state index contributed by atoms with van der Waals surface area (Å²) < 4.78 is 5.04. The number of Topliss-reactive ketones (excluding diaryl/α,β-unsaturated/α-hetero) is 1. The van der Waals surface area contributed by atoms with Crippen molar-refractivity contribution in [1.29, 1.82) is 0 Å². The third-order valence-corrected chi connectivity index (χ3v) is 4.25. The number of benzene rings is 2. The van der Waals surface area contributed by atoms with Crippen LogP contribution in [0, 0.1) is 0 Å². The highest BCUT2D eigenvalue weighted by Crippen LogP contribution is 2.12. The van der Waals surface area contributed by atoms with Crippen LogP contribution >= 0.6 is 0 Å². The first-order valence-corrected chi connectivity index (χ1v) is 8.89. The van der Waals surface area contributed by atoms with E-state index in [0.717, 1.165) is 10.9 Å². The fraction of sp³-hybridized carbons (Fsp3) is 0.182. The summed E-state index contributed by atoms with van der Waals surface area (Å²) in [4.78, 5) is 40.4. The van der Waals surface area contributed by atoms with Gasteiger partial charge in [0.2, 0.25) is 0 Å². The number of fused-ring (bicyclic) bond motifs is 1. The summed E-state index contributed by atoms with van der Waals surface area (Å²) in [6.07, 6.45) is 0.377. The molecule has 1 heterocycles. The maximum Gasteiger partial charge on any atom is 0.357 e. The number of ketones is 1. The summed E-state index contributed by atoms with van der Waals surface area (Å²) in [6, 6.07) is 19.4. The minimum atomic E-state index is -0.691. The summed E-state index contributed by atoms with van der Waals surface area (Å²) in [7, 11) is 0. The van der Waals surface area contributed by atoms with Crippen LogP contribution in [0.25, 0.3) is 10.9 Å². The van der Waals surface area contributed by atoms with Gasteiger partial charge in [0.15, 0.2) is 12.4 Å². The molecule has 0 aliphatic rings. The van der Waals surface area contributed by atoms with Crippen molar-refractivity contribution in [2.45, 2.75) is 19.4 Å². The lowest BCUT2D eigenvalue weighted by Gasteiger charge is -2.16. The van der Waals surface area contributed by atoms with Gasteiger partial charge in [-0.1, -0.05) is 54.6 Å². The number of esters is 1. The van der Waals surface area contributed by atoms with E-state index in [1.807, 2.05) is 48.5 Å². The molecule has 0 saturated heterocycles. The van der Waals surface area contributed by atoms with Crippen LogP contribution in [0.15, 0.2) is 66.7 Å². The summed E-state index contributed by atoms with van der Waals surface area (Å²) in [5, 5.41) is 3.52. The number of aromatic nitrogens is 1. The Balaban J connectivity index is 1.57. The highest BCUT2D eigenvalue weighted by molar-refractivity contribution is 5.93.